The van der Waals surface area contributed by atoms with Gasteiger partial charge in [-0.3, -0.25) is 0 Å². The number of fused-ring (bicyclic) bond motifs is 3. The maximum atomic E-state index is 12.2. The quantitative estimate of drug-likeness (QED) is 0.505. The first-order chi connectivity index (χ1) is 12.6. The van der Waals surface area contributed by atoms with Crippen molar-refractivity contribution in [3.05, 3.63) is 39.2 Å². The molecule has 0 saturated heterocycles. The van der Waals surface area contributed by atoms with Crippen LogP contribution in [0.5, 0.6) is 5.75 Å². The molecule has 0 bridgehead atoms. The van der Waals surface area contributed by atoms with Gasteiger partial charge in [0.05, 0.1) is 5.39 Å². The Morgan fingerprint density at radius 2 is 1.89 bits per heavy atom. The standard InChI is InChI=1S/C20H23NO6/c1-11-8-14(25-16(22)10-21-19(24)27-20(2,3)4)17-12-6-5-7-13(12)18(23)26-15(17)9-11/h8-9H,5-7,10H2,1-4H3,(H,21,24). The van der Waals surface area contributed by atoms with E-state index < -0.39 is 17.7 Å². The number of carbonyl (C=O) groups excluding carboxylic acids is 2. The van der Waals surface area contributed by atoms with Crippen molar-refractivity contribution in [2.45, 2.75) is 52.6 Å². The number of alkyl carbamates (subject to hydrolysis) is 1. The Bertz CT molecular complexity index is 967. The molecule has 0 unspecified atom stereocenters. The van der Waals surface area contributed by atoms with Gasteiger partial charge in [0, 0.05) is 5.56 Å². The average molecular weight is 373 g/mol. The van der Waals surface area contributed by atoms with Gasteiger partial charge in [-0.05, 0) is 70.2 Å². The number of aryl methyl sites for hydroxylation is 2. The van der Waals surface area contributed by atoms with Crippen molar-refractivity contribution in [3.8, 4) is 5.75 Å². The third-order valence-electron chi connectivity index (χ3n) is 4.18. The van der Waals surface area contributed by atoms with Gasteiger partial charge in [-0.1, -0.05) is 0 Å². The highest BCUT2D eigenvalue weighted by Gasteiger charge is 2.24. The van der Waals surface area contributed by atoms with Crippen LogP contribution in [0.15, 0.2) is 21.3 Å². The molecular weight excluding hydrogens is 350 g/mol. The van der Waals surface area contributed by atoms with Crippen molar-refractivity contribution in [2.75, 3.05) is 6.54 Å². The molecule has 2 aromatic rings. The summed E-state index contributed by atoms with van der Waals surface area (Å²) in [5.74, 6) is -0.298. The van der Waals surface area contributed by atoms with Gasteiger partial charge in [-0.2, -0.15) is 0 Å². The van der Waals surface area contributed by atoms with Crippen LogP contribution in [0.4, 0.5) is 4.79 Å². The van der Waals surface area contributed by atoms with Crippen molar-refractivity contribution in [1.29, 1.82) is 0 Å². The number of amides is 1. The predicted molar refractivity (Wildman–Crippen MR) is 99.1 cm³/mol. The van der Waals surface area contributed by atoms with Crippen LogP contribution in [-0.2, 0) is 22.4 Å². The molecule has 27 heavy (non-hydrogen) atoms. The highest BCUT2D eigenvalue weighted by atomic mass is 16.6. The molecule has 1 aliphatic rings. The lowest BCUT2D eigenvalue weighted by Gasteiger charge is -2.19. The zero-order chi connectivity index (χ0) is 19.8. The Labute approximate surface area is 156 Å². The molecule has 144 valence electrons. The maximum absolute atomic E-state index is 12.2. The lowest BCUT2D eigenvalue weighted by Crippen LogP contribution is -2.36. The van der Waals surface area contributed by atoms with Gasteiger partial charge in [0.1, 0.15) is 23.5 Å². The molecule has 0 aliphatic heterocycles. The SMILES string of the molecule is Cc1cc(OC(=O)CNC(=O)OC(C)(C)C)c2c3c(c(=O)oc2c1)CCC3. The average Bonchev–Trinajstić information content (AvgIpc) is 3.01. The number of hydrogen-bond donors (Lipinski definition) is 1. The second-order valence-electron chi connectivity index (χ2n) is 7.67. The summed E-state index contributed by atoms with van der Waals surface area (Å²) in [7, 11) is 0. The Morgan fingerprint density at radius 1 is 1.19 bits per heavy atom. The number of rotatable bonds is 3. The summed E-state index contributed by atoms with van der Waals surface area (Å²) >= 11 is 0. The third-order valence-corrected chi connectivity index (χ3v) is 4.18. The van der Waals surface area contributed by atoms with Crippen LogP contribution in [0.3, 0.4) is 0 Å². The van der Waals surface area contributed by atoms with E-state index in [1.54, 1.807) is 32.9 Å². The van der Waals surface area contributed by atoms with Crippen LogP contribution in [0, 0.1) is 6.92 Å². The molecular formula is C20H23NO6. The fraction of sp³-hybridized carbons (Fsp3) is 0.450. The van der Waals surface area contributed by atoms with Crippen molar-refractivity contribution < 1.29 is 23.5 Å². The zero-order valence-electron chi connectivity index (χ0n) is 15.9. The molecule has 1 aliphatic carbocycles. The normalized spacial score (nSPS) is 13.3. The first kappa shape index (κ1) is 18.9. The van der Waals surface area contributed by atoms with Gasteiger partial charge in [0.25, 0.3) is 0 Å². The van der Waals surface area contributed by atoms with Crippen LogP contribution < -0.4 is 15.7 Å². The van der Waals surface area contributed by atoms with Gasteiger partial charge in [-0.25, -0.2) is 14.4 Å². The summed E-state index contributed by atoms with van der Waals surface area (Å²) in [6, 6.07) is 3.48. The molecule has 1 amide bonds. The van der Waals surface area contributed by atoms with Crippen LogP contribution >= 0.6 is 0 Å². The number of esters is 1. The fourth-order valence-corrected chi connectivity index (χ4v) is 3.20. The topological polar surface area (TPSA) is 94.8 Å². The molecule has 0 saturated carbocycles. The van der Waals surface area contributed by atoms with Crippen LogP contribution in [0.25, 0.3) is 11.0 Å². The van der Waals surface area contributed by atoms with Gasteiger partial charge < -0.3 is 19.2 Å². The first-order valence-corrected chi connectivity index (χ1v) is 8.91. The third kappa shape index (κ3) is 4.30. The summed E-state index contributed by atoms with van der Waals surface area (Å²) in [6.45, 7) is 6.70. The molecule has 0 atom stereocenters. The van der Waals surface area contributed by atoms with E-state index in [9.17, 15) is 14.4 Å². The van der Waals surface area contributed by atoms with Crippen molar-refractivity contribution in [1.82, 2.24) is 5.32 Å². The van der Waals surface area contributed by atoms with E-state index in [1.807, 2.05) is 6.92 Å². The van der Waals surface area contributed by atoms with E-state index in [4.69, 9.17) is 13.9 Å². The molecule has 1 heterocycles. The smallest absolute Gasteiger partial charge is 0.408 e. The minimum Gasteiger partial charge on any atom is -0.444 e. The van der Waals surface area contributed by atoms with Gasteiger partial charge >= 0.3 is 17.7 Å². The molecule has 0 spiro atoms. The summed E-state index contributed by atoms with van der Waals surface area (Å²) in [6.07, 6.45) is 1.57. The van der Waals surface area contributed by atoms with E-state index in [2.05, 4.69) is 5.32 Å². The Kier molecular flexibility index (Phi) is 4.95. The number of nitrogens with one attached hydrogen (secondary N) is 1. The zero-order valence-corrected chi connectivity index (χ0v) is 15.9. The molecule has 1 aromatic carbocycles. The summed E-state index contributed by atoms with van der Waals surface area (Å²) in [4.78, 5) is 36.0. The molecule has 0 radical (unpaired) electrons. The molecule has 3 rings (SSSR count). The van der Waals surface area contributed by atoms with E-state index in [1.165, 1.54) is 0 Å². The molecule has 0 fully saturated rings. The lowest BCUT2D eigenvalue weighted by atomic mass is 10.0. The van der Waals surface area contributed by atoms with Crippen LogP contribution in [0.2, 0.25) is 0 Å². The van der Waals surface area contributed by atoms with Crippen molar-refractivity contribution in [2.24, 2.45) is 0 Å². The minimum atomic E-state index is -0.694. The second-order valence-corrected chi connectivity index (χ2v) is 7.67. The molecule has 7 heteroatoms. The van der Waals surface area contributed by atoms with Gasteiger partial charge in [0.15, 0.2) is 0 Å². The summed E-state index contributed by atoms with van der Waals surface area (Å²) < 4.78 is 16.0. The second kappa shape index (κ2) is 7.06. The van der Waals surface area contributed by atoms with Crippen molar-refractivity contribution in [3.63, 3.8) is 0 Å². The minimum absolute atomic E-state index is 0.329. The molecule has 7 nitrogen and oxygen atoms in total. The summed E-state index contributed by atoms with van der Waals surface area (Å²) in [5.41, 5.74) is 1.75. The van der Waals surface area contributed by atoms with E-state index in [0.717, 1.165) is 24.0 Å². The van der Waals surface area contributed by atoms with Crippen LogP contribution in [-0.4, -0.2) is 24.2 Å². The first-order valence-electron chi connectivity index (χ1n) is 8.91. The number of carbonyl (C=O) groups is 2. The highest BCUT2D eigenvalue weighted by Crippen LogP contribution is 2.35. The van der Waals surface area contributed by atoms with E-state index in [0.29, 0.717) is 28.7 Å². The summed E-state index contributed by atoms with van der Waals surface area (Å²) in [5, 5.41) is 3.03. The Morgan fingerprint density at radius 3 is 2.59 bits per heavy atom. The number of benzene rings is 1. The fourth-order valence-electron chi connectivity index (χ4n) is 3.20. The monoisotopic (exact) mass is 373 g/mol. The van der Waals surface area contributed by atoms with E-state index in [-0.39, 0.29) is 12.2 Å². The molecule has 1 aromatic heterocycles. The van der Waals surface area contributed by atoms with Gasteiger partial charge in [0.2, 0.25) is 0 Å². The highest BCUT2D eigenvalue weighted by molar-refractivity contribution is 5.91. The van der Waals surface area contributed by atoms with E-state index >= 15 is 0 Å². The van der Waals surface area contributed by atoms with Gasteiger partial charge in [-0.15, -0.1) is 0 Å². The lowest BCUT2D eigenvalue weighted by molar-refractivity contribution is -0.133. The molecule has 1 N–H and O–H groups in total. The number of ether oxygens (including phenoxy) is 2. The largest absolute Gasteiger partial charge is 0.444 e. The van der Waals surface area contributed by atoms with Crippen LogP contribution in [0.1, 0.15) is 43.9 Å². The number of hydrogen-bond acceptors (Lipinski definition) is 6. The predicted octanol–water partition coefficient (Wildman–Crippen LogP) is 3.02. The Balaban J connectivity index is 1.83. The maximum Gasteiger partial charge on any atom is 0.408 e. The Hall–Kier alpha value is -2.83. The van der Waals surface area contributed by atoms with Crippen molar-refractivity contribution >= 4 is 23.0 Å².